The van der Waals surface area contributed by atoms with Crippen LogP contribution in [-0.4, -0.2) is 51.9 Å². The fraction of sp³-hybridized carbons (Fsp3) is 0.267. The van der Waals surface area contributed by atoms with Crippen LogP contribution in [0.4, 0.5) is 14.9 Å². The van der Waals surface area contributed by atoms with Crippen LogP contribution in [0.15, 0.2) is 72.9 Å². The van der Waals surface area contributed by atoms with Crippen molar-refractivity contribution >= 4 is 28.7 Å². The van der Waals surface area contributed by atoms with E-state index in [1.165, 1.54) is 35.2 Å². The Morgan fingerprint density at radius 1 is 1.03 bits per heavy atom. The number of halogens is 1. The summed E-state index contributed by atoms with van der Waals surface area (Å²) in [6, 6.07) is 19.2. The summed E-state index contributed by atoms with van der Waals surface area (Å²) >= 11 is 0. The van der Waals surface area contributed by atoms with E-state index in [1.54, 1.807) is 17.0 Å². The van der Waals surface area contributed by atoms with Crippen molar-refractivity contribution < 1.29 is 23.8 Å². The van der Waals surface area contributed by atoms with E-state index in [9.17, 15) is 14.0 Å². The molecular formula is C30H28FN3O4. The molecule has 2 aliphatic rings. The Hall–Kier alpha value is -4.17. The quantitative estimate of drug-likeness (QED) is 0.372. The first-order valence-corrected chi connectivity index (χ1v) is 12.7. The minimum atomic E-state index is -1.000. The number of fused-ring (bicyclic) bond motifs is 1. The lowest BCUT2D eigenvalue weighted by atomic mass is 9.90. The van der Waals surface area contributed by atoms with Gasteiger partial charge in [0.15, 0.2) is 0 Å². The predicted octanol–water partition coefficient (Wildman–Crippen LogP) is 5.67. The number of aryl methyl sites for hydroxylation is 1. The van der Waals surface area contributed by atoms with E-state index in [2.05, 4.69) is 27.8 Å². The average Bonchev–Trinajstić information content (AvgIpc) is 3.42. The van der Waals surface area contributed by atoms with Gasteiger partial charge in [-0.15, -0.1) is 0 Å². The van der Waals surface area contributed by atoms with Gasteiger partial charge < -0.3 is 14.4 Å². The summed E-state index contributed by atoms with van der Waals surface area (Å²) in [7, 11) is 2.04. The van der Waals surface area contributed by atoms with Crippen molar-refractivity contribution in [3.05, 3.63) is 89.9 Å². The van der Waals surface area contributed by atoms with Crippen LogP contribution in [0.2, 0.25) is 0 Å². The molecule has 7 nitrogen and oxygen atoms in total. The first-order valence-electron chi connectivity index (χ1n) is 12.7. The number of aromatic carboxylic acids is 1. The number of likely N-dealkylation sites (tertiary alicyclic amines) is 1. The topological polar surface area (TPSA) is 75.0 Å². The summed E-state index contributed by atoms with van der Waals surface area (Å²) in [5.41, 5.74) is 4.68. The van der Waals surface area contributed by atoms with Gasteiger partial charge in [-0.2, -0.15) is 0 Å². The van der Waals surface area contributed by atoms with Crippen molar-refractivity contribution in [1.29, 1.82) is 0 Å². The fourth-order valence-electron chi connectivity index (χ4n) is 5.75. The minimum Gasteiger partial charge on any atom is -0.478 e. The molecular weight excluding hydrogens is 485 g/mol. The molecule has 4 aromatic rings. The third kappa shape index (κ3) is 4.31. The van der Waals surface area contributed by atoms with E-state index in [0.717, 1.165) is 49.1 Å². The molecule has 0 aliphatic carbocycles. The molecule has 1 amide bonds. The van der Waals surface area contributed by atoms with Crippen LogP contribution in [0.3, 0.4) is 0 Å². The number of carbonyl (C=O) groups excluding carboxylic acids is 1. The number of hydrogen-bond acceptors (Lipinski definition) is 4. The lowest BCUT2D eigenvalue weighted by molar-refractivity contribution is -0.000896. The molecule has 0 unspecified atom stereocenters. The van der Waals surface area contributed by atoms with Crippen molar-refractivity contribution in [2.24, 2.45) is 7.05 Å². The molecule has 3 heterocycles. The summed E-state index contributed by atoms with van der Waals surface area (Å²) in [6.07, 6.45) is 3.22. The van der Waals surface area contributed by atoms with Crippen LogP contribution >= 0.6 is 0 Å². The average molecular weight is 514 g/mol. The van der Waals surface area contributed by atoms with Gasteiger partial charge >= 0.3 is 12.1 Å². The number of carboxylic acid groups (broad SMARTS) is 1. The molecule has 38 heavy (non-hydrogen) atoms. The number of anilines is 1. The van der Waals surface area contributed by atoms with Crippen LogP contribution in [0.25, 0.3) is 22.0 Å². The second-order valence-corrected chi connectivity index (χ2v) is 10.2. The van der Waals surface area contributed by atoms with Crippen LogP contribution in [0.1, 0.15) is 28.8 Å². The third-order valence-corrected chi connectivity index (χ3v) is 7.81. The molecule has 0 saturated carbocycles. The van der Waals surface area contributed by atoms with E-state index in [-0.39, 0.29) is 17.5 Å². The SMILES string of the molecule is Cn1cc(CN2CCC3(CC2)CN(c2ccc(C(=O)O)cc2)C(=O)O3)c2c(-c3ccc(F)cc3)cccc21. The van der Waals surface area contributed by atoms with Gasteiger partial charge in [0.25, 0.3) is 0 Å². The third-order valence-electron chi connectivity index (χ3n) is 7.81. The summed E-state index contributed by atoms with van der Waals surface area (Å²) in [5.74, 6) is -1.25. The fourth-order valence-corrected chi connectivity index (χ4v) is 5.75. The molecule has 1 spiro atoms. The predicted molar refractivity (Wildman–Crippen MR) is 143 cm³/mol. The van der Waals surface area contributed by atoms with E-state index in [4.69, 9.17) is 9.84 Å². The molecule has 8 heteroatoms. The number of hydrogen-bond donors (Lipinski definition) is 1. The van der Waals surface area contributed by atoms with Gasteiger partial charge in [0.2, 0.25) is 0 Å². The van der Waals surface area contributed by atoms with Crippen molar-refractivity contribution in [2.75, 3.05) is 24.5 Å². The molecule has 194 valence electrons. The van der Waals surface area contributed by atoms with Crippen molar-refractivity contribution in [2.45, 2.75) is 25.0 Å². The zero-order valence-electron chi connectivity index (χ0n) is 21.1. The second kappa shape index (κ2) is 9.29. The highest BCUT2D eigenvalue weighted by Gasteiger charge is 2.47. The lowest BCUT2D eigenvalue weighted by Crippen LogP contribution is -2.46. The van der Waals surface area contributed by atoms with Gasteiger partial charge in [0, 0.05) is 62.3 Å². The van der Waals surface area contributed by atoms with Gasteiger partial charge in [-0.1, -0.05) is 24.3 Å². The van der Waals surface area contributed by atoms with E-state index in [0.29, 0.717) is 12.2 Å². The van der Waals surface area contributed by atoms with Gasteiger partial charge in [0.1, 0.15) is 11.4 Å². The zero-order chi connectivity index (χ0) is 26.4. The van der Waals surface area contributed by atoms with Crippen LogP contribution < -0.4 is 4.90 Å². The highest BCUT2D eigenvalue weighted by Crippen LogP contribution is 2.38. The van der Waals surface area contributed by atoms with Crippen LogP contribution in [0.5, 0.6) is 0 Å². The number of nitrogens with zero attached hydrogens (tertiary/aromatic N) is 3. The Morgan fingerprint density at radius 3 is 2.42 bits per heavy atom. The minimum absolute atomic E-state index is 0.181. The molecule has 0 atom stereocenters. The molecule has 2 fully saturated rings. The van der Waals surface area contributed by atoms with Gasteiger partial charge in [0.05, 0.1) is 12.1 Å². The summed E-state index contributed by atoms with van der Waals surface area (Å²) < 4.78 is 21.6. The molecule has 6 rings (SSSR count). The van der Waals surface area contributed by atoms with Gasteiger partial charge in [-0.3, -0.25) is 9.80 Å². The monoisotopic (exact) mass is 513 g/mol. The first kappa shape index (κ1) is 24.2. The van der Waals surface area contributed by atoms with Gasteiger partial charge in [-0.25, -0.2) is 14.0 Å². The van der Waals surface area contributed by atoms with E-state index in [1.807, 2.05) is 25.2 Å². The summed E-state index contributed by atoms with van der Waals surface area (Å²) in [6.45, 7) is 2.79. The Bertz CT molecular complexity index is 1520. The standard InChI is InChI=1S/C30H28FN3O4/c1-32-17-22(27-25(3-2-4-26(27)32)20-5-9-23(31)10-6-20)18-33-15-13-30(14-16-33)19-34(29(37)38-30)24-11-7-21(8-12-24)28(35)36/h2-12,17H,13-16,18-19H2,1H3,(H,35,36). The Kier molecular flexibility index (Phi) is 5.91. The van der Waals surface area contributed by atoms with Crippen LogP contribution in [0, 0.1) is 5.82 Å². The smallest absolute Gasteiger partial charge is 0.415 e. The van der Waals surface area contributed by atoms with E-state index >= 15 is 0 Å². The number of carboxylic acids is 1. The molecule has 2 saturated heterocycles. The number of carbonyl (C=O) groups is 2. The first-order chi connectivity index (χ1) is 18.3. The maximum atomic E-state index is 13.6. The molecule has 2 aliphatic heterocycles. The van der Waals surface area contributed by atoms with Gasteiger partial charge in [-0.05, 0) is 59.2 Å². The lowest BCUT2D eigenvalue weighted by Gasteiger charge is -2.37. The number of benzene rings is 3. The van der Waals surface area contributed by atoms with Crippen LogP contribution in [-0.2, 0) is 18.3 Å². The molecule has 1 N–H and O–H groups in total. The highest BCUT2D eigenvalue weighted by molar-refractivity contribution is 5.98. The highest BCUT2D eigenvalue weighted by atomic mass is 19.1. The molecule has 0 radical (unpaired) electrons. The Balaban J connectivity index is 1.18. The van der Waals surface area contributed by atoms with Crippen molar-refractivity contribution in [3.8, 4) is 11.1 Å². The number of rotatable bonds is 5. The maximum absolute atomic E-state index is 13.6. The number of aromatic nitrogens is 1. The van der Waals surface area contributed by atoms with Crippen molar-refractivity contribution in [1.82, 2.24) is 9.47 Å². The van der Waals surface area contributed by atoms with Crippen molar-refractivity contribution in [3.63, 3.8) is 0 Å². The Morgan fingerprint density at radius 2 is 1.74 bits per heavy atom. The summed E-state index contributed by atoms with van der Waals surface area (Å²) in [4.78, 5) is 27.9. The molecule has 1 aromatic heterocycles. The second-order valence-electron chi connectivity index (χ2n) is 10.2. The maximum Gasteiger partial charge on any atom is 0.415 e. The number of piperidine rings is 1. The summed E-state index contributed by atoms with van der Waals surface area (Å²) in [5, 5.41) is 10.3. The zero-order valence-corrected chi connectivity index (χ0v) is 21.1. The number of ether oxygens (including phenoxy) is 1. The molecule has 0 bridgehead atoms. The normalized spacial score (nSPS) is 17.3. The Labute approximate surface area is 219 Å². The number of amides is 1. The largest absolute Gasteiger partial charge is 0.478 e. The molecule has 3 aromatic carbocycles. The van der Waals surface area contributed by atoms with E-state index < -0.39 is 11.6 Å².